The first-order valence-corrected chi connectivity index (χ1v) is 11.6. The molecular formula is C24H23ClN2O4S. The van der Waals surface area contributed by atoms with Gasteiger partial charge in [0, 0.05) is 12.2 Å². The van der Waals surface area contributed by atoms with E-state index in [0.29, 0.717) is 39.2 Å². The zero-order valence-electron chi connectivity index (χ0n) is 17.5. The number of carbonyl (C=O) groups excluding carboxylic acids is 2. The van der Waals surface area contributed by atoms with Gasteiger partial charge in [0.05, 0.1) is 27.4 Å². The molecule has 2 aromatic carbocycles. The molecule has 0 spiro atoms. The Hall–Kier alpha value is -2.87. The van der Waals surface area contributed by atoms with Crippen molar-refractivity contribution in [3.63, 3.8) is 0 Å². The molecule has 2 N–H and O–H groups in total. The van der Waals surface area contributed by atoms with Gasteiger partial charge < -0.3 is 20.1 Å². The van der Waals surface area contributed by atoms with Crippen molar-refractivity contribution in [2.24, 2.45) is 0 Å². The third-order valence-corrected chi connectivity index (χ3v) is 6.25. The number of aryl methyl sites for hydroxylation is 1. The van der Waals surface area contributed by atoms with Crippen LogP contribution in [-0.4, -0.2) is 31.1 Å². The standard InChI is InChI=1S/C24H23ClN2O4S/c1-15-6-9-19(21(12-15)31-14-17-4-2-10-30-17)26-23(28)16-7-8-18(25)20(13-16)27-24(29)22-5-3-11-32-22/h3,5-9,11-13,17H,2,4,10,14H2,1H3,(H,26,28)(H,27,29). The molecule has 1 unspecified atom stereocenters. The molecule has 0 radical (unpaired) electrons. The zero-order valence-corrected chi connectivity index (χ0v) is 19.1. The molecule has 1 fully saturated rings. The Balaban J connectivity index is 1.48. The monoisotopic (exact) mass is 470 g/mol. The molecule has 1 saturated heterocycles. The summed E-state index contributed by atoms with van der Waals surface area (Å²) in [5, 5.41) is 7.83. The summed E-state index contributed by atoms with van der Waals surface area (Å²) in [6, 6.07) is 13.9. The number of rotatable bonds is 7. The normalized spacial score (nSPS) is 15.4. The molecule has 2 heterocycles. The van der Waals surface area contributed by atoms with E-state index in [-0.39, 0.29) is 17.9 Å². The lowest BCUT2D eigenvalue weighted by atomic mass is 10.1. The maximum atomic E-state index is 12.9. The third-order valence-electron chi connectivity index (χ3n) is 5.06. The maximum Gasteiger partial charge on any atom is 0.265 e. The Morgan fingerprint density at radius 1 is 1.12 bits per heavy atom. The van der Waals surface area contributed by atoms with Gasteiger partial charge in [-0.2, -0.15) is 0 Å². The van der Waals surface area contributed by atoms with E-state index in [1.54, 1.807) is 30.3 Å². The fourth-order valence-electron chi connectivity index (χ4n) is 3.36. The molecule has 6 nitrogen and oxygen atoms in total. The number of halogens is 1. The number of nitrogens with one attached hydrogen (secondary N) is 2. The fourth-order valence-corrected chi connectivity index (χ4v) is 4.14. The van der Waals surface area contributed by atoms with Crippen molar-refractivity contribution in [2.75, 3.05) is 23.8 Å². The summed E-state index contributed by atoms with van der Waals surface area (Å²) in [6.45, 7) is 3.16. The van der Waals surface area contributed by atoms with Crippen molar-refractivity contribution >= 4 is 46.1 Å². The summed E-state index contributed by atoms with van der Waals surface area (Å²) in [7, 11) is 0. The summed E-state index contributed by atoms with van der Waals surface area (Å²) in [5.74, 6) is -0.0176. The second kappa shape index (κ2) is 10.2. The number of hydrogen-bond donors (Lipinski definition) is 2. The molecule has 8 heteroatoms. The lowest BCUT2D eigenvalue weighted by Crippen LogP contribution is -2.18. The smallest absolute Gasteiger partial charge is 0.265 e. The van der Waals surface area contributed by atoms with E-state index in [2.05, 4.69) is 10.6 Å². The van der Waals surface area contributed by atoms with E-state index in [1.165, 1.54) is 11.3 Å². The van der Waals surface area contributed by atoms with Gasteiger partial charge >= 0.3 is 0 Å². The average molecular weight is 471 g/mol. The molecule has 0 saturated carbocycles. The van der Waals surface area contributed by atoms with Crippen LogP contribution in [0.3, 0.4) is 0 Å². The van der Waals surface area contributed by atoms with Crippen LogP contribution < -0.4 is 15.4 Å². The van der Waals surface area contributed by atoms with Crippen LogP contribution in [0.25, 0.3) is 0 Å². The quantitative estimate of drug-likeness (QED) is 0.459. The molecule has 1 aliphatic heterocycles. The predicted octanol–water partition coefficient (Wildman–Crippen LogP) is 5.77. The summed E-state index contributed by atoms with van der Waals surface area (Å²) in [5.41, 5.74) is 2.33. The number of hydrogen-bond acceptors (Lipinski definition) is 5. The van der Waals surface area contributed by atoms with E-state index in [1.807, 2.05) is 30.5 Å². The second-order valence-electron chi connectivity index (χ2n) is 7.53. The van der Waals surface area contributed by atoms with E-state index < -0.39 is 0 Å². The Labute approximate surface area is 195 Å². The Morgan fingerprint density at radius 3 is 2.72 bits per heavy atom. The summed E-state index contributed by atoms with van der Waals surface area (Å²) >= 11 is 7.57. The lowest BCUT2D eigenvalue weighted by molar-refractivity contribution is 0.0681. The van der Waals surface area contributed by atoms with Crippen LogP contribution >= 0.6 is 22.9 Å². The fraction of sp³-hybridized carbons (Fsp3) is 0.250. The van der Waals surface area contributed by atoms with Gasteiger partial charge in [0.25, 0.3) is 11.8 Å². The highest BCUT2D eigenvalue weighted by Crippen LogP contribution is 2.29. The minimum atomic E-state index is -0.334. The summed E-state index contributed by atoms with van der Waals surface area (Å²) < 4.78 is 11.6. The van der Waals surface area contributed by atoms with Crippen molar-refractivity contribution in [1.82, 2.24) is 0 Å². The molecule has 0 bridgehead atoms. The molecule has 0 aliphatic carbocycles. The highest BCUT2D eigenvalue weighted by atomic mass is 35.5. The first-order chi connectivity index (χ1) is 15.5. The van der Waals surface area contributed by atoms with Crippen LogP contribution in [0.1, 0.15) is 38.4 Å². The highest BCUT2D eigenvalue weighted by Gasteiger charge is 2.18. The van der Waals surface area contributed by atoms with Crippen molar-refractivity contribution in [3.05, 3.63) is 74.9 Å². The maximum absolute atomic E-state index is 12.9. The van der Waals surface area contributed by atoms with Gasteiger partial charge in [-0.3, -0.25) is 9.59 Å². The van der Waals surface area contributed by atoms with Crippen LogP contribution in [-0.2, 0) is 4.74 Å². The molecule has 1 aliphatic rings. The zero-order chi connectivity index (χ0) is 22.5. The molecule has 166 valence electrons. The van der Waals surface area contributed by atoms with Crippen molar-refractivity contribution < 1.29 is 19.1 Å². The first kappa shape index (κ1) is 22.3. The SMILES string of the molecule is Cc1ccc(NC(=O)c2ccc(Cl)c(NC(=O)c3cccs3)c2)c(OCC2CCCO2)c1. The molecule has 1 aromatic heterocycles. The van der Waals surface area contributed by atoms with Crippen LogP contribution in [0.15, 0.2) is 53.9 Å². The van der Waals surface area contributed by atoms with Crippen molar-refractivity contribution in [3.8, 4) is 5.75 Å². The number of carbonyl (C=O) groups is 2. The lowest BCUT2D eigenvalue weighted by Gasteiger charge is -2.16. The Morgan fingerprint density at radius 2 is 1.97 bits per heavy atom. The Bertz CT molecular complexity index is 1110. The minimum absolute atomic E-state index is 0.0739. The van der Waals surface area contributed by atoms with Crippen molar-refractivity contribution in [1.29, 1.82) is 0 Å². The van der Waals surface area contributed by atoms with Gasteiger partial charge in [0.2, 0.25) is 0 Å². The minimum Gasteiger partial charge on any atom is -0.489 e. The van der Waals surface area contributed by atoms with E-state index in [0.717, 1.165) is 25.0 Å². The number of amides is 2. The van der Waals surface area contributed by atoms with Gasteiger partial charge in [0.1, 0.15) is 12.4 Å². The highest BCUT2D eigenvalue weighted by molar-refractivity contribution is 7.12. The van der Waals surface area contributed by atoms with Crippen LogP contribution in [0.4, 0.5) is 11.4 Å². The molecule has 1 atom stereocenters. The van der Waals surface area contributed by atoms with Gasteiger partial charge in [-0.25, -0.2) is 0 Å². The molecule has 2 amide bonds. The predicted molar refractivity (Wildman–Crippen MR) is 127 cm³/mol. The van der Waals surface area contributed by atoms with Gasteiger partial charge in [-0.1, -0.05) is 23.7 Å². The van der Waals surface area contributed by atoms with E-state index in [4.69, 9.17) is 21.1 Å². The van der Waals surface area contributed by atoms with Gasteiger partial charge in [-0.05, 0) is 67.1 Å². The summed E-state index contributed by atoms with van der Waals surface area (Å²) in [4.78, 5) is 25.9. The number of thiophene rings is 1. The topological polar surface area (TPSA) is 76.7 Å². The van der Waals surface area contributed by atoms with Gasteiger partial charge in [0.15, 0.2) is 0 Å². The number of anilines is 2. The first-order valence-electron chi connectivity index (χ1n) is 10.3. The number of ether oxygens (including phenoxy) is 2. The van der Waals surface area contributed by atoms with Crippen molar-refractivity contribution in [2.45, 2.75) is 25.9 Å². The average Bonchev–Trinajstić information content (AvgIpc) is 3.49. The van der Waals surface area contributed by atoms with E-state index >= 15 is 0 Å². The van der Waals surface area contributed by atoms with Crippen LogP contribution in [0, 0.1) is 6.92 Å². The van der Waals surface area contributed by atoms with Gasteiger partial charge in [-0.15, -0.1) is 11.3 Å². The molecule has 32 heavy (non-hydrogen) atoms. The molecular weight excluding hydrogens is 448 g/mol. The largest absolute Gasteiger partial charge is 0.489 e. The molecule has 4 rings (SSSR count). The van der Waals surface area contributed by atoms with E-state index in [9.17, 15) is 9.59 Å². The Kier molecular flexibility index (Phi) is 7.09. The van der Waals surface area contributed by atoms with Crippen LogP contribution in [0.5, 0.6) is 5.75 Å². The summed E-state index contributed by atoms with van der Waals surface area (Å²) in [6.07, 6.45) is 2.08. The third kappa shape index (κ3) is 5.48. The molecule has 3 aromatic rings. The number of benzene rings is 2. The van der Waals surface area contributed by atoms with Crippen LogP contribution in [0.2, 0.25) is 5.02 Å². The second-order valence-corrected chi connectivity index (χ2v) is 8.88.